The van der Waals surface area contributed by atoms with Gasteiger partial charge in [-0.3, -0.25) is 0 Å². The summed E-state index contributed by atoms with van der Waals surface area (Å²) in [5, 5.41) is 0. The molecule has 0 N–H and O–H groups in total. The fourth-order valence-corrected chi connectivity index (χ4v) is 3.09. The molecule has 2 nitrogen and oxygen atoms in total. The molecule has 0 heterocycles. The number of rotatable bonds is 3. The molecule has 1 saturated carbocycles. The van der Waals surface area contributed by atoms with Crippen LogP contribution in [-0.4, -0.2) is 5.97 Å². The molecule has 1 aliphatic rings. The van der Waals surface area contributed by atoms with Crippen molar-refractivity contribution in [2.75, 3.05) is 0 Å². The molecule has 0 unspecified atom stereocenters. The third-order valence-electron chi connectivity index (χ3n) is 4.53. The first kappa shape index (κ1) is 19.0. The second-order valence-corrected chi connectivity index (χ2v) is 6.20. The largest absolute Gasteiger partial charge is 1.00 e. The maximum absolute atomic E-state index is 12.1. The number of benzene rings is 2. The molecule has 0 aromatic heterocycles. The van der Waals surface area contributed by atoms with E-state index in [4.69, 9.17) is 4.74 Å². The van der Waals surface area contributed by atoms with Gasteiger partial charge in [0, 0.05) is 5.75 Å². The summed E-state index contributed by atoms with van der Waals surface area (Å²) in [6.45, 7) is 2.33. The summed E-state index contributed by atoms with van der Waals surface area (Å²) in [5.41, 5.74) is 1.94. The van der Waals surface area contributed by atoms with Gasteiger partial charge in [0.2, 0.25) is 0 Å². The molecule has 0 saturated heterocycles. The molecule has 23 heavy (non-hydrogen) atoms. The molecular weight excluding hydrogens is 358 g/mol. The molecule has 2 aromatic rings. The summed E-state index contributed by atoms with van der Waals surface area (Å²) in [6.07, 6.45) is 5.12. The van der Waals surface area contributed by atoms with Crippen molar-refractivity contribution in [3.05, 3.63) is 65.7 Å². The monoisotopic (exact) mass is 378 g/mol. The first-order valence-corrected chi connectivity index (χ1v) is 8.00. The SMILES string of the molecule is CC1CCC(c2ccc(C(=O)Oc3cc[c-]cc3)cc2)CC1.[Rb+]. The quantitative estimate of drug-likeness (QED) is 0.464. The Bertz CT molecular complexity index is 614. The van der Waals surface area contributed by atoms with Crippen LogP contribution in [0.2, 0.25) is 0 Å². The maximum atomic E-state index is 12.1. The molecule has 0 atom stereocenters. The van der Waals surface area contributed by atoms with E-state index in [0.717, 1.165) is 5.92 Å². The number of esters is 1. The van der Waals surface area contributed by atoms with E-state index in [0.29, 0.717) is 17.2 Å². The Morgan fingerprint density at radius 3 is 2.22 bits per heavy atom. The molecular formula is C20H21O2Rb. The second-order valence-electron chi connectivity index (χ2n) is 6.20. The van der Waals surface area contributed by atoms with Crippen LogP contribution < -0.4 is 62.9 Å². The molecule has 3 heteroatoms. The van der Waals surface area contributed by atoms with Crippen LogP contribution in [0.15, 0.2) is 48.5 Å². The van der Waals surface area contributed by atoms with E-state index in [2.05, 4.69) is 25.1 Å². The van der Waals surface area contributed by atoms with E-state index in [-0.39, 0.29) is 64.2 Å². The normalized spacial score (nSPS) is 20.4. The zero-order valence-electron chi connectivity index (χ0n) is 13.9. The molecule has 1 fully saturated rings. The van der Waals surface area contributed by atoms with E-state index in [1.165, 1.54) is 31.2 Å². The van der Waals surface area contributed by atoms with Gasteiger partial charge >= 0.3 is 64.2 Å². The summed E-state index contributed by atoms with van der Waals surface area (Å²) < 4.78 is 5.34. The maximum Gasteiger partial charge on any atom is 1.00 e. The zero-order chi connectivity index (χ0) is 15.4. The third-order valence-corrected chi connectivity index (χ3v) is 4.53. The van der Waals surface area contributed by atoms with Crippen LogP contribution >= 0.6 is 0 Å². The summed E-state index contributed by atoms with van der Waals surface area (Å²) in [5.74, 6) is 1.74. The number of carbonyl (C=O) groups is 1. The van der Waals surface area contributed by atoms with Gasteiger partial charge in [0.25, 0.3) is 0 Å². The Balaban J connectivity index is 0.00000192. The van der Waals surface area contributed by atoms with Gasteiger partial charge in [-0.2, -0.15) is 18.2 Å². The molecule has 2 aromatic carbocycles. The van der Waals surface area contributed by atoms with Crippen molar-refractivity contribution in [1.29, 1.82) is 0 Å². The molecule has 0 amide bonds. The second kappa shape index (κ2) is 9.26. The van der Waals surface area contributed by atoms with Gasteiger partial charge in [0.05, 0.1) is 5.56 Å². The van der Waals surface area contributed by atoms with Crippen LogP contribution in [0, 0.1) is 12.0 Å². The predicted molar refractivity (Wildman–Crippen MR) is 87.1 cm³/mol. The Hall–Kier alpha value is -0.285. The van der Waals surface area contributed by atoms with Crippen LogP contribution in [0.1, 0.15) is 54.4 Å². The van der Waals surface area contributed by atoms with Gasteiger partial charge in [-0.1, -0.05) is 31.9 Å². The van der Waals surface area contributed by atoms with Crippen molar-refractivity contribution < 1.29 is 67.7 Å². The Morgan fingerprint density at radius 2 is 1.61 bits per heavy atom. The summed E-state index contributed by atoms with van der Waals surface area (Å²) >= 11 is 0. The van der Waals surface area contributed by atoms with Crippen molar-refractivity contribution in [1.82, 2.24) is 0 Å². The van der Waals surface area contributed by atoms with Gasteiger partial charge in [0.1, 0.15) is 0 Å². The van der Waals surface area contributed by atoms with Gasteiger partial charge in [-0.25, -0.2) is 4.79 Å². The number of carbonyl (C=O) groups excluding carboxylic acids is 1. The van der Waals surface area contributed by atoms with E-state index in [1.54, 1.807) is 24.3 Å². The minimum atomic E-state index is -0.310. The van der Waals surface area contributed by atoms with Gasteiger partial charge < -0.3 is 4.74 Å². The average Bonchev–Trinajstić information content (AvgIpc) is 2.57. The fourth-order valence-electron chi connectivity index (χ4n) is 3.09. The van der Waals surface area contributed by atoms with E-state index in [1.807, 2.05) is 12.1 Å². The van der Waals surface area contributed by atoms with E-state index in [9.17, 15) is 4.79 Å². The number of hydrogen-bond donors (Lipinski definition) is 0. The first-order chi connectivity index (χ1) is 10.7. The zero-order valence-corrected chi connectivity index (χ0v) is 18.8. The van der Waals surface area contributed by atoms with Gasteiger partial charge in [-0.05, 0) is 42.4 Å². The fraction of sp³-hybridized carbons (Fsp3) is 0.350. The van der Waals surface area contributed by atoms with Crippen molar-refractivity contribution in [2.24, 2.45) is 5.92 Å². The third kappa shape index (κ3) is 5.35. The van der Waals surface area contributed by atoms with E-state index < -0.39 is 0 Å². The topological polar surface area (TPSA) is 26.3 Å². The standard InChI is InChI=1S/C20H21O2.Rb/c1-15-7-9-16(10-8-15)17-11-13-18(14-12-17)20(21)22-19-5-3-2-4-6-19;/h3-6,11-16H,7-10H2,1H3;/q-1;+1. The Kier molecular flexibility index (Phi) is 7.67. The van der Waals surface area contributed by atoms with Crippen LogP contribution in [0.4, 0.5) is 0 Å². The smallest absolute Gasteiger partial charge is 0.450 e. The van der Waals surface area contributed by atoms with Crippen molar-refractivity contribution in [3.8, 4) is 5.75 Å². The molecule has 114 valence electrons. The Labute approximate surface area is 187 Å². The summed E-state index contributed by atoms with van der Waals surface area (Å²) in [7, 11) is 0. The molecule has 0 aliphatic heterocycles. The Morgan fingerprint density at radius 1 is 1.00 bits per heavy atom. The van der Waals surface area contributed by atoms with Crippen LogP contribution in [0.25, 0.3) is 0 Å². The molecule has 1 aliphatic carbocycles. The van der Waals surface area contributed by atoms with Gasteiger partial charge in [-0.15, -0.1) is 12.1 Å². The molecule has 3 rings (SSSR count). The van der Waals surface area contributed by atoms with Crippen LogP contribution in [-0.2, 0) is 0 Å². The molecule has 0 spiro atoms. The molecule has 0 radical (unpaired) electrons. The summed E-state index contributed by atoms with van der Waals surface area (Å²) in [6, 6.07) is 17.7. The van der Waals surface area contributed by atoms with Crippen LogP contribution in [0.5, 0.6) is 5.75 Å². The van der Waals surface area contributed by atoms with Gasteiger partial charge in [0.15, 0.2) is 0 Å². The van der Waals surface area contributed by atoms with E-state index >= 15 is 0 Å². The first-order valence-electron chi connectivity index (χ1n) is 8.00. The van der Waals surface area contributed by atoms with Crippen molar-refractivity contribution >= 4 is 5.97 Å². The number of hydrogen-bond acceptors (Lipinski definition) is 2. The van der Waals surface area contributed by atoms with Crippen molar-refractivity contribution in [2.45, 2.75) is 38.5 Å². The number of ether oxygens (including phenoxy) is 1. The van der Waals surface area contributed by atoms with Crippen LogP contribution in [0.3, 0.4) is 0 Å². The minimum absolute atomic E-state index is 0. The predicted octanol–water partition coefficient (Wildman–Crippen LogP) is 2.00. The summed E-state index contributed by atoms with van der Waals surface area (Å²) in [4.78, 5) is 12.1. The molecule has 0 bridgehead atoms. The van der Waals surface area contributed by atoms with Crippen molar-refractivity contribution in [3.63, 3.8) is 0 Å². The minimum Gasteiger partial charge on any atom is -0.450 e. The average molecular weight is 379 g/mol.